The number of carbonyl (C=O) groups excluding carboxylic acids is 1. The zero-order valence-electron chi connectivity index (χ0n) is 12.9. The van der Waals surface area contributed by atoms with E-state index in [2.05, 4.69) is 10.0 Å². The summed E-state index contributed by atoms with van der Waals surface area (Å²) in [5.74, 6) is -0.629. The lowest BCUT2D eigenvalue weighted by atomic mass is 10.0. The van der Waals surface area contributed by atoms with Gasteiger partial charge in [0.1, 0.15) is 0 Å². The first-order chi connectivity index (χ1) is 10.6. The number of hydrogen-bond acceptors (Lipinski definition) is 6. The molecule has 1 aromatic carbocycles. The van der Waals surface area contributed by atoms with Crippen LogP contribution in [0.2, 0.25) is 0 Å². The second-order valence-electron chi connectivity index (χ2n) is 5.09. The minimum atomic E-state index is -3.79. The third-order valence-electron chi connectivity index (χ3n) is 3.28. The van der Waals surface area contributed by atoms with Crippen molar-refractivity contribution >= 4 is 21.6 Å². The van der Waals surface area contributed by atoms with Crippen LogP contribution in [0.5, 0.6) is 0 Å². The number of non-ortho nitro benzene ring substituents is 1. The number of carbonyl (C=O) groups is 1. The molecule has 0 aliphatic carbocycles. The maximum atomic E-state index is 12.0. The molecule has 0 aromatic heterocycles. The lowest BCUT2D eigenvalue weighted by Crippen LogP contribution is -2.41. The van der Waals surface area contributed by atoms with Crippen LogP contribution in [-0.4, -0.2) is 38.4 Å². The minimum absolute atomic E-state index is 0.00324. The van der Waals surface area contributed by atoms with Crippen molar-refractivity contribution in [2.24, 2.45) is 11.7 Å². The van der Waals surface area contributed by atoms with Crippen LogP contribution in [0.4, 0.5) is 5.69 Å². The van der Waals surface area contributed by atoms with Crippen LogP contribution in [0.25, 0.3) is 0 Å². The van der Waals surface area contributed by atoms with Crippen molar-refractivity contribution in [2.45, 2.75) is 24.8 Å². The van der Waals surface area contributed by atoms with Crippen molar-refractivity contribution in [3.63, 3.8) is 0 Å². The van der Waals surface area contributed by atoms with Gasteiger partial charge in [-0.05, 0) is 19.1 Å². The first-order valence-corrected chi connectivity index (χ1v) is 8.41. The summed E-state index contributed by atoms with van der Waals surface area (Å²) in [7, 11) is -3.79. The van der Waals surface area contributed by atoms with Gasteiger partial charge in [-0.1, -0.05) is 6.92 Å². The predicted molar refractivity (Wildman–Crippen MR) is 84.1 cm³/mol. The van der Waals surface area contributed by atoms with Crippen molar-refractivity contribution in [1.82, 2.24) is 10.0 Å². The molecule has 2 atom stereocenters. The number of nitro groups is 1. The molecule has 9 nitrogen and oxygen atoms in total. The van der Waals surface area contributed by atoms with E-state index >= 15 is 0 Å². The van der Waals surface area contributed by atoms with E-state index in [0.29, 0.717) is 0 Å². The zero-order valence-corrected chi connectivity index (χ0v) is 13.7. The van der Waals surface area contributed by atoms with Crippen LogP contribution in [-0.2, 0) is 14.8 Å². The minimum Gasteiger partial charge on any atom is -0.355 e. The van der Waals surface area contributed by atoms with Gasteiger partial charge in [-0.3, -0.25) is 14.9 Å². The SMILES string of the molecule is CC(N)C(C)C(=O)NCCNS(=O)(=O)c1ccc([N+](=O)[O-])cc1. The molecule has 1 amide bonds. The number of rotatable bonds is 8. The van der Waals surface area contributed by atoms with Crippen LogP contribution in [0.3, 0.4) is 0 Å². The van der Waals surface area contributed by atoms with Gasteiger partial charge in [0.2, 0.25) is 15.9 Å². The zero-order chi connectivity index (χ0) is 17.6. The van der Waals surface area contributed by atoms with E-state index in [0.717, 1.165) is 24.3 Å². The van der Waals surface area contributed by atoms with E-state index in [1.54, 1.807) is 13.8 Å². The van der Waals surface area contributed by atoms with Crippen molar-refractivity contribution < 1.29 is 18.1 Å². The Morgan fingerprint density at radius 1 is 1.26 bits per heavy atom. The summed E-state index contributed by atoms with van der Waals surface area (Å²) in [4.78, 5) is 21.5. The van der Waals surface area contributed by atoms with Crippen LogP contribution in [0.15, 0.2) is 29.2 Å². The molecule has 128 valence electrons. The van der Waals surface area contributed by atoms with Gasteiger partial charge in [0.05, 0.1) is 9.82 Å². The average Bonchev–Trinajstić information content (AvgIpc) is 2.50. The molecule has 0 heterocycles. The number of benzene rings is 1. The smallest absolute Gasteiger partial charge is 0.269 e. The van der Waals surface area contributed by atoms with E-state index in [9.17, 15) is 23.3 Å². The highest BCUT2D eigenvalue weighted by Gasteiger charge is 2.18. The van der Waals surface area contributed by atoms with Crippen molar-refractivity contribution in [3.8, 4) is 0 Å². The summed E-state index contributed by atoms with van der Waals surface area (Å²) in [6, 6.07) is 4.22. The summed E-state index contributed by atoms with van der Waals surface area (Å²) in [5.41, 5.74) is 5.41. The Hall–Kier alpha value is -2.04. The fourth-order valence-electron chi connectivity index (χ4n) is 1.60. The first-order valence-electron chi connectivity index (χ1n) is 6.92. The highest BCUT2D eigenvalue weighted by Crippen LogP contribution is 2.15. The number of nitrogens with one attached hydrogen (secondary N) is 2. The molecule has 0 fully saturated rings. The predicted octanol–water partition coefficient (Wildman–Crippen LogP) is -0.0274. The molecule has 0 saturated heterocycles. The molecule has 1 rings (SSSR count). The Morgan fingerprint density at radius 2 is 1.83 bits per heavy atom. The summed E-state index contributed by atoms with van der Waals surface area (Å²) in [6.07, 6.45) is 0. The fraction of sp³-hybridized carbons (Fsp3) is 0.462. The number of sulfonamides is 1. The topological polar surface area (TPSA) is 144 Å². The number of hydrogen-bond donors (Lipinski definition) is 3. The molecular weight excluding hydrogens is 324 g/mol. The summed E-state index contributed by atoms with van der Waals surface area (Å²) >= 11 is 0. The highest BCUT2D eigenvalue weighted by molar-refractivity contribution is 7.89. The molecule has 0 aliphatic heterocycles. The second-order valence-corrected chi connectivity index (χ2v) is 6.85. The Balaban J connectivity index is 2.53. The number of nitrogens with two attached hydrogens (primary N) is 1. The quantitative estimate of drug-likeness (QED) is 0.343. The Morgan fingerprint density at radius 3 is 2.30 bits per heavy atom. The number of nitro benzene ring substituents is 1. The Labute approximate surface area is 134 Å². The summed E-state index contributed by atoms with van der Waals surface area (Å²) < 4.78 is 26.3. The van der Waals surface area contributed by atoms with Gasteiger partial charge in [0, 0.05) is 37.2 Å². The first kappa shape index (κ1) is 19.0. The summed E-state index contributed by atoms with van der Waals surface area (Å²) in [6.45, 7) is 3.50. The monoisotopic (exact) mass is 344 g/mol. The molecular formula is C13H20N4O5S. The van der Waals surface area contributed by atoms with E-state index < -0.39 is 14.9 Å². The second kappa shape index (κ2) is 7.99. The van der Waals surface area contributed by atoms with E-state index in [4.69, 9.17) is 5.73 Å². The van der Waals surface area contributed by atoms with E-state index in [-0.39, 0.29) is 41.5 Å². The lowest BCUT2D eigenvalue weighted by molar-refractivity contribution is -0.384. The van der Waals surface area contributed by atoms with Gasteiger partial charge in [-0.25, -0.2) is 13.1 Å². The molecule has 4 N–H and O–H groups in total. The summed E-state index contributed by atoms with van der Waals surface area (Å²) in [5, 5.41) is 13.1. The van der Waals surface area contributed by atoms with E-state index in [1.807, 2.05) is 0 Å². The average molecular weight is 344 g/mol. The lowest BCUT2D eigenvalue weighted by Gasteiger charge is -2.15. The third kappa shape index (κ3) is 5.58. The largest absolute Gasteiger partial charge is 0.355 e. The molecule has 0 bridgehead atoms. The molecule has 0 radical (unpaired) electrons. The van der Waals surface area contributed by atoms with Gasteiger partial charge in [0.25, 0.3) is 5.69 Å². The van der Waals surface area contributed by atoms with Gasteiger partial charge in [-0.15, -0.1) is 0 Å². The maximum Gasteiger partial charge on any atom is 0.269 e. The normalized spacial score (nSPS) is 14.0. The molecule has 0 spiro atoms. The van der Waals surface area contributed by atoms with Crippen molar-refractivity contribution in [3.05, 3.63) is 34.4 Å². The van der Waals surface area contributed by atoms with Crippen LogP contribution in [0.1, 0.15) is 13.8 Å². The van der Waals surface area contributed by atoms with Gasteiger partial charge in [0.15, 0.2) is 0 Å². The molecule has 2 unspecified atom stereocenters. The van der Waals surface area contributed by atoms with Gasteiger partial charge >= 0.3 is 0 Å². The number of amides is 1. The maximum absolute atomic E-state index is 12.0. The molecule has 1 aromatic rings. The molecule has 23 heavy (non-hydrogen) atoms. The fourth-order valence-corrected chi connectivity index (χ4v) is 2.63. The third-order valence-corrected chi connectivity index (χ3v) is 4.75. The molecule has 0 aliphatic rings. The van der Waals surface area contributed by atoms with Gasteiger partial charge in [-0.2, -0.15) is 0 Å². The van der Waals surface area contributed by atoms with Crippen LogP contribution < -0.4 is 15.8 Å². The van der Waals surface area contributed by atoms with E-state index in [1.165, 1.54) is 0 Å². The Kier molecular flexibility index (Phi) is 6.61. The van der Waals surface area contributed by atoms with Crippen LogP contribution in [0, 0.1) is 16.0 Å². The molecule has 10 heteroatoms. The van der Waals surface area contributed by atoms with Crippen molar-refractivity contribution in [1.29, 1.82) is 0 Å². The number of nitrogens with zero attached hydrogens (tertiary/aromatic N) is 1. The standard InChI is InChI=1S/C13H20N4O5S/c1-9(10(2)14)13(18)15-7-8-16-23(21,22)12-5-3-11(4-6-12)17(19)20/h3-6,9-10,16H,7-8,14H2,1-2H3,(H,15,18). The highest BCUT2D eigenvalue weighted by atomic mass is 32.2. The molecule has 0 saturated carbocycles. The Bertz CT molecular complexity index is 657. The van der Waals surface area contributed by atoms with Gasteiger partial charge < -0.3 is 11.1 Å². The van der Waals surface area contributed by atoms with Crippen molar-refractivity contribution in [2.75, 3.05) is 13.1 Å². The van der Waals surface area contributed by atoms with Crippen LogP contribution >= 0.6 is 0 Å².